The predicted octanol–water partition coefficient (Wildman–Crippen LogP) is 3.30. The fraction of sp³-hybridized carbons (Fsp3) is 0.0769. The smallest absolute Gasteiger partial charge is 0.257 e. The number of aryl methyl sites for hydroxylation is 1. The molecule has 3 nitrogen and oxygen atoms in total. The third-order valence-electron chi connectivity index (χ3n) is 2.29. The van der Waals surface area contributed by atoms with Crippen LogP contribution in [0.15, 0.2) is 42.7 Å². The molecule has 0 unspecified atom stereocenters. The second kappa shape index (κ2) is 4.97. The van der Waals surface area contributed by atoms with Crippen LogP contribution in [0, 0.1) is 6.92 Å². The van der Waals surface area contributed by atoms with Gasteiger partial charge in [0.2, 0.25) is 0 Å². The molecule has 0 atom stereocenters. The van der Waals surface area contributed by atoms with E-state index in [2.05, 4.69) is 10.3 Å². The summed E-state index contributed by atoms with van der Waals surface area (Å²) >= 11 is 5.98. The standard InChI is InChI=1S/C13H11ClN2O/c1-9-4-5-12(14)11(7-9)13(17)16-10-3-2-6-15-8-10/h2-8H,1H3,(H,16,17). The molecule has 0 fully saturated rings. The number of anilines is 1. The average molecular weight is 247 g/mol. The number of carbonyl (C=O) groups excluding carboxylic acids is 1. The van der Waals surface area contributed by atoms with Crippen LogP contribution in [-0.2, 0) is 0 Å². The van der Waals surface area contributed by atoms with E-state index in [0.29, 0.717) is 16.3 Å². The molecule has 2 rings (SSSR count). The summed E-state index contributed by atoms with van der Waals surface area (Å²) in [4.78, 5) is 15.9. The molecule has 0 bridgehead atoms. The topological polar surface area (TPSA) is 42.0 Å². The van der Waals surface area contributed by atoms with Gasteiger partial charge in [-0.3, -0.25) is 9.78 Å². The number of pyridine rings is 1. The van der Waals surface area contributed by atoms with Crippen molar-refractivity contribution in [2.45, 2.75) is 6.92 Å². The third kappa shape index (κ3) is 2.82. The summed E-state index contributed by atoms with van der Waals surface area (Å²) in [6.07, 6.45) is 3.23. The molecule has 1 N–H and O–H groups in total. The Morgan fingerprint density at radius 3 is 2.88 bits per heavy atom. The number of amides is 1. The summed E-state index contributed by atoms with van der Waals surface area (Å²) in [5.41, 5.74) is 2.11. The number of hydrogen-bond donors (Lipinski definition) is 1. The minimum absolute atomic E-state index is 0.230. The lowest BCUT2D eigenvalue weighted by Crippen LogP contribution is -2.12. The van der Waals surface area contributed by atoms with Crippen molar-refractivity contribution in [1.29, 1.82) is 0 Å². The van der Waals surface area contributed by atoms with Gasteiger partial charge >= 0.3 is 0 Å². The zero-order chi connectivity index (χ0) is 12.3. The Morgan fingerprint density at radius 1 is 1.35 bits per heavy atom. The van der Waals surface area contributed by atoms with Crippen LogP contribution in [0.25, 0.3) is 0 Å². The number of rotatable bonds is 2. The molecule has 0 saturated carbocycles. The highest BCUT2D eigenvalue weighted by atomic mass is 35.5. The molecule has 17 heavy (non-hydrogen) atoms. The number of carbonyl (C=O) groups is 1. The molecule has 2 aromatic rings. The van der Waals surface area contributed by atoms with Crippen molar-refractivity contribution in [2.75, 3.05) is 5.32 Å². The molecule has 0 radical (unpaired) electrons. The minimum atomic E-state index is -0.230. The first-order chi connectivity index (χ1) is 8.16. The van der Waals surface area contributed by atoms with Gasteiger partial charge in [-0.1, -0.05) is 23.2 Å². The molecule has 1 amide bonds. The SMILES string of the molecule is Cc1ccc(Cl)c(C(=O)Nc2cccnc2)c1. The highest BCUT2D eigenvalue weighted by Gasteiger charge is 2.10. The van der Waals surface area contributed by atoms with Crippen molar-refractivity contribution in [1.82, 2.24) is 4.98 Å². The molecule has 86 valence electrons. The van der Waals surface area contributed by atoms with Crippen LogP contribution in [0.1, 0.15) is 15.9 Å². The van der Waals surface area contributed by atoms with Gasteiger partial charge in [-0.05, 0) is 31.2 Å². The monoisotopic (exact) mass is 246 g/mol. The van der Waals surface area contributed by atoms with Gasteiger partial charge in [-0.15, -0.1) is 0 Å². The van der Waals surface area contributed by atoms with Gasteiger partial charge in [0.15, 0.2) is 0 Å². The van der Waals surface area contributed by atoms with Crippen molar-refractivity contribution in [2.24, 2.45) is 0 Å². The number of halogens is 1. The summed E-state index contributed by atoms with van der Waals surface area (Å²) in [7, 11) is 0. The van der Waals surface area contributed by atoms with Crippen LogP contribution in [-0.4, -0.2) is 10.9 Å². The van der Waals surface area contributed by atoms with E-state index in [0.717, 1.165) is 5.56 Å². The molecule has 0 saturated heterocycles. The lowest BCUT2D eigenvalue weighted by molar-refractivity contribution is 0.102. The van der Waals surface area contributed by atoms with Crippen molar-refractivity contribution in [3.8, 4) is 0 Å². The molecule has 4 heteroatoms. The first-order valence-corrected chi connectivity index (χ1v) is 5.52. The van der Waals surface area contributed by atoms with E-state index >= 15 is 0 Å². The predicted molar refractivity (Wildman–Crippen MR) is 68.4 cm³/mol. The van der Waals surface area contributed by atoms with Crippen molar-refractivity contribution < 1.29 is 4.79 Å². The summed E-state index contributed by atoms with van der Waals surface area (Å²) in [6, 6.07) is 8.87. The first kappa shape index (κ1) is 11.6. The largest absolute Gasteiger partial charge is 0.321 e. The molecular weight excluding hydrogens is 236 g/mol. The Bertz CT molecular complexity index is 540. The first-order valence-electron chi connectivity index (χ1n) is 5.14. The van der Waals surface area contributed by atoms with Crippen molar-refractivity contribution >= 4 is 23.2 Å². The van der Waals surface area contributed by atoms with Gasteiger partial charge in [0, 0.05) is 6.20 Å². The zero-order valence-electron chi connectivity index (χ0n) is 9.27. The third-order valence-corrected chi connectivity index (χ3v) is 2.62. The minimum Gasteiger partial charge on any atom is -0.321 e. The maximum atomic E-state index is 12.0. The summed E-state index contributed by atoms with van der Waals surface area (Å²) in [5, 5.41) is 3.18. The van der Waals surface area contributed by atoms with Gasteiger partial charge in [0.05, 0.1) is 22.5 Å². The molecule has 0 aliphatic rings. The summed E-state index contributed by atoms with van der Waals surface area (Å²) < 4.78 is 0. The number of aromatic nitrogens is 1. The van der Waals surface area contributed by atoms with E-state index in [1.54, 1.807) is 36.7 Å². The molecular formula is C13H11ClN2O. The lowest BCUT2D eigenvalue weighted by atomic mass is 10.1. The molecule has 1 heterocycles. The van der Waals surface area contributed by atoms with Gasteiger partial charge in [0.25, 0.3) is 5.91 Å². The van der Waals surface area contributed by atoms with Crippen molar-refractivity contribution in [3.05, 3.63) is 58.9 Å². The highest BCUT2D eigenvalue weighted by molar-refractivity contribution is 6.34. The van der Waals surface area contributed by atoms with E-state index in [9.17, 15) is 4.79 Å². The highest BCUT2D eigenvalue weighted by Crippen LogP contribution is 2.18. The van der Waals surface area contributed by atoms with Crippen molar-refractivity contribution in [3.63, 3.8) is 0 Å². The molecule has 1 aromatic carbocycles. The van der Waals surface area contributed by atoms with E-state index in [1.165, 1.54) is 0 Å². The maximum Gasteiger partial charge on any atom is 0.257 e. The van der Waals surface area contributed by atoms with Crippen LogP contribution in [0.3, 0.4) is 0 Å². The quantitative estimate of drug-likeness (QED) is 0.884. The Kier molecular flexibility index (Phi) is 3.40. The van der Waals surface area contributed by atoms with Gasteiger partial charge < -0.3 is 5.32 Å². The normalized spacial score (nSPS) is 10.0. The van der Waals surface area contributed by atoms with Crippen LogP contribution in [0.2, 0.25) is 5.02 Å². The van der Waals surface area contributed by atoms with Crippen LogP contribution in [0.4, 0.5) is 5.69 Å². The number of nitrogens with one attached hydrogen (secondary N) is 1. The van der Waals surface area contributed by atoms with E-state index in [-0.39, 0.29) is 5.91 Å². The second-order valence-corrected chi connectivity index (χ2v) is 4.09. The number of nitrogens with zero attached hydrogens (tertiary/aromatic N) is 1. The van der Waals surface area contributed by atoms with E-state index in [1.807, 2.05) is 13.0 Å². The van der Waals surface area contributed by atoms with Crippen LogP contribution < -0.4 is 5.32 Å². The number of hydrogen-bond acceptors (Lipinski definition) is 2. The Hall–Kier alpha value is -1.87. The van der Waals surface area contributed by atoms with Crippen LogP contribution in [0.5, 0.6) is 0 Å². The Labute approximate surface area is 104 Å². The molecule has 0 aliphatic carbocycles. The molecule has 0 aliphatic heterocycles. The fourth-order valence-corrected chi connectivity index (χ4v) is 1.65. The van der Waals surface area contributed by atoms with Gasteiger partial charge in [-0.25, -0.2) is 0 Å². The summed E-state index contributed by atoms with van der Waals surface area (Å²) in [5.74, 6) is -0.230. The number of benzene rings is 1. The maximum absolute atomic E-state index is 12.0. The van der Waals surface area contributed by atoms with Crippen LogP contribution >= 0.6 is 11.6 Å². The second-order valence-electron chi connectivity index (χ2n) is 3.68. The average Bonchev–Trinajstić information content (AvgIpc) is 2.33. The molecule has 1 aromatic heterocycles. The van der Waals surface area contributed by atoms with Gasteiger partial charge in [-0.2, -0.15) is 0 Å². The molecule has 0 spiro atoms. The van der Waals surface area contributed by atoms with E-state index < -0.39 is 0 Å². The van der Waals surface area contributed by atoms with Gasteiger partial charge in [0.1, 0.15) is 0 Å². The lowest BCUT2D eigenvalue weighted by Gasteiger charge is -2.06. The van der Waals surface area contributed by atoms with E-state index in [4.69, 9.17) is 11.6 Å². The summed E-state index contributed by atoms with van der Waals surface area (Å²) in [6.45, 7) is 1.91. The Morgan fingerprint density at radius 2 is 2.18 bits per heavy atom. The fourth-order valence-electron chi connectivity index (χ4n) is 1.45. The zero-order valence-corrected chi connectivity index (χ0v) is 10.0. The Balaban J connectivity index is 2.23.